The highest BCUT2D eigenvalue weighted by Crippen LogP contribution is 2.34. The van der Waals surface area contributed by atoms with Gasteiger partial charge in [-0.25, -0.2) is 4.98 Å². The monoisotopic (exact) mass is 268 g/mol. The lowest BCUT2D eigenvalue weighted by atomic mass is 10.1. The molecule has 0 fully saturated rings. The predicted octanol–water partition coefficient (Wildman–Crippen LogP) is 4.75. The quantitative estimate of drug-likeness (QED) is 0.371. The van der Waals surface area contributed by atoms with Crippen molar-refractivity contribution in [2.75, 3.05) is 0 Å². The van der Waals surface area contributed by atoms with Gasteiger partial charge in [0.05, 0.1) is 16.7 Å². The highest BCUT2D eigenvalue weighted by atomic mass is 14.9. The number of hydrogen-bond donors (Lipinski definition) is 0. The molecule has 0 unspecified atom stereocenters. The fourth-order valence-corrected chi connectivity index (χ4v) is 3.14. The molecule has 98 valence electrons. The van der Waals surface area contributed by atoms with Crippen LogP contribution in [0.25, 0.3) is 38.4 Å². The largest absolute Gasteiger partial charge is 0.321 e. The third-order valence-corrected chi connectivity index (χ3v) is 4.17. The first-order valence-corrected chi connectivity index (χ1v) is 7.08. The highest BCUT2D eigenvalue weighted by molar-refractivity contribution is 6.02. The van der Waals surface area contributed by atoms with Crippen LogP contribution in [0.3, 0.4) is 0 Å². The van der Waals surface area contributed by atoms with E-state index in [9.17, 15) is 0 Å². The van der Waals surface area contributed by atoms with Crippen molar-refractivity contribution in [3.63, 3.8) is 0 Å². The van der Waals surface area contributed by atoms with Crippen molar-refractivity contribution in [1.82, 2.24) is 9.38 Å². The van der Waals surface area contributed by atoms with Crippen molar-refractivity contribution in [2.24, 2.45) is 0 Å². The summed E-state index contributed by atoms with van der Waals surface area (Å²) >= 11 is 0. The van der Waals surface area contributed by atoms with Gasteiger partial charge in [0.1, 0.15) is 0 Å². The van der Waals surface area contributed by atoms with Crippen LogP contribution < -0.4 is 0 Å². The molecule has 21 heavy (non-hydrogen) atoms. The van der Waals surface area contributed by atoms with E-state index < -0.39 is 0 Å². The van der Waals surface area contributed by atoms with E-state index in [4.69, 9.17) is 4.98 Å². The summed E-state index contributed by atoms with van der Waals surface area (Å²) in [5, 5.41) is 3.71. The summed E-state index contributed by atoms with van der Waals surface area (Å²) in [4.78, 5) is 4.83. The maximum atomic E-state index is 4.83. The van der Waals surface area contributed by atoms with Gasteiger partial charge in [0.2, 0.25) is 0 Å². The maximum absolute atomic E-state index is 4.83. The molecule has 2 aromatic carbocycles. The number of rotatable bonds is 0. The van der Waals surface area contributed by atoms with Crippen LogP contribution in [0.15, 0.2) is 73.1 Å². The summed E-state index contributed by atoms with van der Waals surface area (Å²) in [6, 6.07) is 21.2. The SMILES string of the molecule is c1ccc2cn3ccc4c5ccccc5nc-4c3cc2c1. The first-order chi connectivity index (χ1) is 10.4. The Morgan fingerprint density at radius 3 is 2.57 bits per heavy atom. The smallest absolute Gasteiger partial charge is 0.0957 e. The number of aromatic nitrogens is 2. The van der Waals surface area contributed by atoms with Crippen molar-refractivity contribution in [3.8, 4) is 11.3 Å². The zero-order valence-electron chi connectivity index (χ0n) is 11.3. The Labute approximate surface area is 121 Å². The zero-order valence-corrected chi connectivity index (χ0v) is 11.3. The van der Waals surface area contributed by atoms with Crippen LogP contribution in [0.4, 0.5) is 0 Å². The summed E-state index contributed by atoms with van der Waals surface area (Å²) in [5.74, 6) is 0. The normalized spacial score (nSPS) is 11.8. The van der Waals surface area contributed by atoms with E-state index in [-0.39, 0.29) is 0 Å². The number of nitrogens with zero attached hydrogens (tertiary/aromatic N) is 2. The van der Waals surface area contributed by atoms with Crippen molar-refractivity contribution >= 4 is 27.2 Å². The van der Waals surface area contributed by atoms with Gasteiger partial charge in [0.15, 0.2) is 0 Å². The van der Waals surface area contributed by atoms with Gasteiger partial charge in [0, 0.05) is 23.3 Å². The average molecular weight is 268 g/mol. The van der Waals surface area contributed by atoms with Crippen LogP contribution in [0, 0.1) is 0 Å². The predicted molar refractivity (Wildman–Crippen MR) is 86.8 cm³/mol. The van der Waals surface area contributed by atoms with E-state index in [0.717, 1.165) is 16.7 Å². The molecule has 0 N–H and O–H groups in total. The minimum atomic E-state index is 1.06. The zero-order chi connectivity index (χ0) is 13.8. The molecule has 0 saturated carbocycles. The van der Waals surface area contributed by atoms with Crippen molar-refractivity contribution in [2.45, 2.75) is 0 Å². The molecule has 1 aromatic heterocycles. The summed E-state index contributed by atoms with van der Waals surface area (Å²) in [6.45, 7) is 0. The Kier molecular flexibility index (Phi) is 1.98. The number of fused-ring (bicyclic) bond motifs is 6. The lowest BCUT2D eigenvalue weighted by Gasteiger charge is -2.08. The van der Waals surface area contributed by atoms with Gasteiger partial charge < -0.3 is 4.40 Å². The van der Waals surface area contributed by atoms with Gasteiger partial charge in [-0.3, -0.25) is 0 Å². The Balaban J connectivity index is 2.01. The summed E-state index contributed by atoms with van der Waals surface area (Å²) in [6.07, 6.45) is 4.29. The average Bonchev–Trinajstić information content (AvgIpc) is 2.92. The molecule has 2 nitrogen and oxygen atoms in total. The standard InChI is InChI=1S/C19H12N2/c1-2-6-14-12-21-10-9-16-15-7-3-4-8-17(15)20-19(16)18(21)11-13(14)5-1/h1-12H. The van der Waals surface area contributed by atoms with Crippen molar-refractivity contribution in [1.29, 1.82) is 0 Å². The fraction of sp³-hybridized carbons (Fsp3) is 0. The second kappa shape index (κ2) is 3.83. The molecule has 5 rings (SSSR count). The van der Waals surface area contributed by atoms with E-state index in [1.165, 1.54) is 21.7 Å². The second-order valence-corrected chi connectivity index (χ2v) is 5.40. The summed E-state index contributed by atoms with van der Waals surface area (Å²) in [5.41, 5.74) is 4.52. The first kappa shape index (κ1) is 10.9. The molecule has 0 saturated heterocycles. The number of para-hydroxylation sites is 1. The molecule has 3 heterocycles. The third kappa shape index (κ3) is 1.44. The molecule has 3 aromatic rings. The van der Waals surface area contributed by atoms with Crippen LogP contribution in [0.1, 0.15) is 0 Å². The van der Waals surface area contributed by atoms with Gasteiger partial charge in [-0.1, -0.05) is 42.5 Å². The van der Waals surface area contributed by atoms with Crippen LogP contribution in [0.2, 0.25) is 0 Å². The van der Waals surface area contributed by atoms with E-state index in [0.29, 0.717) is 0 Å². The molecular formula is C19H12N2. The van der Waals surface area contributed by atoms with E-state index >= 15 is 0 Å². The summed E-state index contributed by atoms with van der Waals surface area (Å²) in [7, 11) is 0. The van der Waals surface area contributed by atoms with Crippen molar-refractivity contribution < 1.29 is 0 Å². The third-order valence-electron chi connectivity index (χ3n) is 4.17. The van der Waals surface area contributed by atoms with Gasteiger partial charge in [0.25, 0.3) is 0 Å². The van der Waals surface area contributed by atoms with Crippen LogP contribution in [-0.4, -0.2) is 9.38 Å². The number of pyridine rings is 2. The van der Waals surface area contributed by atoms with Crippen molar-refractivity contribution in [3.05, 3.63) is 73.1 Å². The molecule has 0 radical (unpaired) electrons. The summed E-state index contributed by atoms with van der Waals surface area (Å²) < 4.78 is 2.16. The molecule has 0 aliphatic carbocycles. The van der Waals surface area contributed by atoms with Gasteiger partial charge in [-0.15, -0.1) is 0 Å². The highest BCUT2D eigenvalue weighted by Gasteiger charge is 2.14. The lowest BCUT2D eigenvalue weighted by molar-refractivity contribution is 1.17. The molecule has 0 spiro atoms. The Hall–Kier alpha value is -2.87. The molecule has 0 atom stereocenters. The molecule has 2 aliphatic heterocycles. The fourth-order valence-electron chi connectivity index (χ4n) is 3.14. The van der Waals surface area contributed by atoms with Crippen LogP contribution in [0.5, 0.6) is 0 Å². The minimum absolute atomic E-state index is 1.06. The molecule has 0 amide bonds. The Morgan fingerprint density at radius 1 is 0.810 bits per heavy atom. The Morgan fingerprint density at radius 2 is 1.62 bits per heavy atom. The van der Waals surface area contributed by atoms with Gasteiger partial charge in [-0.05, 0) is 29.0 Å². The first-order valence-electron chi connectivity index (χ1n) is 7.08. The lowest BCUT2D eigenvalue weighted by Crippen LogP contribution is -1.92. The minimum Gasteiger partial charge on any atom is -0.321 e. The van der Waals surface area contributed by atoms with Gasteiger partial charge in [-0.2, -0.15) is 0 Å². The van der Waals surface area contributed by atoms with E-state index in [2.05, 4.69) is 71.4 Å². The molecular weight excluding hydrogens is 256 g/mol. The van der Waals surface area contributed by atoms with Crippen LogP contribution >= 0.6 is 0 Å². The number of benzene rings is 2. The second-order valence-electron chi connectivity index (χ2n) is 5.40. The van der Waals surface area contributed by atoms with E-state index in [1.807, 2.05) is 6.07 Å². The molecule has 0 bridgehead atoms. The van der Waals surface area contributed by atoms with Gasteiger partial charge >= 0.3 is 0 Å². The molecule has 2 aliphatic rings. The molecule has 2 heteroatoms. The maximum Gasteiger partial charge on any atom is 0.0957 e. The Bertz CT molecular complexity index is 1090. The topological polar surface area (TPSA) is 17.3 Å². The van der Waals surface area contributed by atoms with E-state index in [1.54, 1.807) is 0 Å². The number of hydrogen-bond acceptors (Lipinski definition) is 1. The van der Waals surface area contributed by atoms with Crippen LogP contribution in [-0.2, 0) is 0 Å².